The van der Waals surface area contributed by atoms with Crippen molar-refractivity contribution in [3.05, 3.63) is 34.2 Å². The van der Waals surface area contributed by atoms with Crippen molar-refractivity contribution in [2.75, 3.05) is 13.2 Å². The zero-order chi connectivity index (χ0) is 12.8. The van der Waals surface area contributed by atoms with Crippen LogP contribution in [-0.4, -0.2) is 17.8 Å². The first-order valence-electron chi connectivity index (χ1n) is 7.00. The first kappa shape index (κ1) is 13.3. The van der Waals surface area contributed by atoms with Gasteiger partial charge in [0.25, 0.3) is 5.56 Å². The van der Waals surface area contributed by atoms with Gasteiger partial charge in [-0.15, -0.1) is 0 Å². The van der Waals surface area contributed by atoms with Crippen molar-refractivity contribution in [1.82, 2.24) is 4.57 Å². The largest absolute Gasteiger partial charge is 0.381 e. The highest BCUT2D eigenvalue weighted by Crippen LogP contribution is 2.20. The van der Waals surface area contributed by atoms with Crippen molar-refractivity contribution < 1.29 is 4.74 Å². The van der Waals surface area contributed by atoms with Crippen LogP contribution in [0.1, 0.15) is 37.7 Å². The van der Waals surface area contributed by atoms with Crippen LogP contribution in [-0.2, 0) is 11.3 Å². The van der Waals surface area contributed by atoms with E-state index >= 15 is 0 Å². The summed E-state index contributed by atoms with van der Waals surface area (Å²) >= 11 is 0. The lowest BCUT2D eigenvalue weighted by atomic mass is 9.94. The topological polar surface area (TPSA) is 31.2 Å². The minimum atomic E-state index is 0.126. The van der Waals surface area contributed by atoms with E-state index in [1.54, 1.807) is 6.07 Å². The molecule has 0 atom stereocenters. The third-order valence-corrected chi connectivity index (χ3v) is 3.75. The fraction of sp³-hybridized carbons (Fsp3) is 0.667. The second-order valence-electron chi connectivity index (χ2n) is 5.29. The average molecular weight is 249 g/mol. The molecule has 0 unspecified atom stereocenters. The first-order chi connectivity index (χ1) is 8.75. The number of ether oxygens (including phenoxy) is 1. The van der Waals surface area contributed by atoms with E-state index in [9.17, 15) is 4.79 Å². The standard InChI is InChI=1S/C15H23NO2/c1-13-5-9-16(15(17)12-13)8-3-2-4-14-6-10-18-11-7-14/h5,9,12,14H,2-4,6-8,10-11H2,1H3. The summed E-state index contributed by atoms with van der Waals surface area (Å²) in [6.45, 7) is 4.67. The first-order valence-corrected chi connectivity index (χ1v) is 7.00. The molecule has 0 amide bonds. The maximum atomic E-state index is 11.7. The second kappa shape index (κ2) is 6.74. The Hall–Kier alpha value is -1.09. The van der Waals surface area contributed by atoms with Gasteiger partial charge >= 0.3 is 0 Å². The van der Waals surface area contributed by atoms with Gasteiger partial charge in [0.05, 0.1) is 0 Å². The van der Waals surface area contributed by atoms with Gasteiger partial charge in [-0.3, -0.25) is 4.79 Å². The maximum absolute atomic E-state index is 11.7. The van der Waals surface area contributed by atoms with Gasteiger partial charge in [-0.2, -0.15) is 0 Å². The van der Waals surface area contributed by atoms with Gasteiger partial charge < -0.3 is 9.30 Å². The Kier molecular flexibility index (Phi) is 5.00. The Labute approximate surface area is 109 Å². The Balaban J connectivity index is 1.70. The number of hydrogen-bond acceptors (Lipinski definition) is 2. The molecule has 0 aliphatic carbocycles. The highest BCUT2D eigenvalue weighted by Gasteiger charge is 2.12. The molecular formula is C15H23NO2. The number of nitrogens with zero attached hydrogens (tertiary/aromatic N) is 1. The van der Waals surface area contributed by atoms with E-state index in [0.717, 1.165) is 37.7 Å². The van der Waals surface area contributed by atoms with Crippen LogP contribution in [0.2, 0.25) is 0 Å². The van der Waals surface area contributed by atoms with E-state index in [2.05, 4.69) is 0 Å². The maximum Gasteiger partial charge on any atom is 0.250 e. The van der Waals surface area contributed by atoms with Gasteiger partial charge in [0, 0.05) is 32.0 Å². The van der Waals surface area contributed by atoms with Crippen molar-refractivity contribution in [2.24, 2.45) is 5.92 Å². The van der Waals surface area contributed by atoms with E-state index in [4.69, 9.17) is 4.74 Å². The third-order valence-electron chi connectivity index (χ3n) is 3.75. The van der Waals surface area contributed by atoms with Gasteiger partial charge in [0.15, 0.2) is 0 Å². The Morgan fingerprint density at radius 3 is 2.83 bits per heavy atom. The molecule has 18 heavy (non-hydrogen) atoms. The number of aromatic nitrogens is 1. The van der Waals surface area contributed by atoms with E-state index in [1.165, 1.54) is 25.7 Å². The van der Waals surface area contributed by atoms with Crippen LogP contribution in [0.3, 0.4) is 0 Å². The molecule has 0 aromatic carbocycles. The minimum absolute atomic E-state index is 0.126. The van der Waals surface area contributed by atoms with Crippen molar-refractivity contribution in [2.45, 2.75) is 45.6 Å². The van der Waals surface area contributed by atoms with E-state index in [0.29, 0.717) is 0 Å². The van der Waals surface area contributed by atoms with Crippen molar-refractivity contribution >= 4 is 0 Å². The summed E-state index contributed by atoms with van der Waals surface area (Å²) in [6.07, 6.45) is 7.93. The molecule has 2 heterocycles. The molecule has 0 bridgehead atoms. The van der Waals surface area contributed by atoms with Crippen LogP contribution in [0.5, 0.6) is 0 Å². The fourth-order valence-electron chi connectivity index (χ4n) is 2.54. The number of unbranched alkanes of at least 4 members (excludes halogenated alkanes) is 1. The zero-order valence-electron chi connectivity index (χ0n) is 11.2. The van der Waals surface area contributed by atoms with Gasteiger partial charge in [-0.1, -0.05) is 12.8 Å². The number of pyridine rings is 1. The zero-order valence-corrected chi connectivity index (χ0v) is 11.2. The van der Waals surface area contributed by atoms with Gasteiger partial charge in [-0.05, 0) is 43.7 Å². The van der Waals surface area contributed by atoms with Crippen LogP contribution >= 0.6 is 0 Å². The lowest BCUT2D eigenvalue weighted by molar-refractivity contribution is 0.0630. The molecular weight excluding hydrogens is 226 g/mol. The fourth-order valence-corrected chi connectivity index (χ4v) is 2.54. The quantitative estimate of drug-likeness (QED) is 0.751. The number of hydrogen-bond donors (Lipinski definition) is 0. The van der Waals surface area contributed by atoms with Crippen molar-refractivity contribution in [3.63, 3.8) is 0 Å². The average Bonchev–Trinajstić information content (AvgIpc) is 2.38. The minimum Gasteiger partial charge on any atom is -0.381 e. The Morgan fingerprint density at radius 1 is 1.33 bits per heavy atom. The van der Waals surface area contributed by atoms with Crippen molar-refractivity contribution in [3.8, 4) is 0 Å². The second-order valence-corrected chi connectivity index (χ2v) is 5.29. The lowest BCUT2D eigenvalue weighted by Crippen LogP contribution is -2.19. The highest BCUT2D eigenvalue weighted by atomic mass is 16.5. The molecule has 100 valence electrons. The molecule has 0 N–H and O–H groups in total. The third kappa shape index (κ3) is 3.98. The summed E-state index contributed by atoms with van der Waals surface area (Å²) in [7, 11) is 0. The highest BCUT2D eigenvalue weighted by molar-refractivity contribution is 5.07. The van der Waals surface area contributed by atoms with Gasteiger partial charge in [0.2, 0.25) is 0 Å². The van der Waals surface area contributed by atoms with Crippen LogP contribution in [0.4, 0.5) is 0 Å². The summed E-state index contributed by atoms with van der Waals surface area (Å²) in [5.41, 5.74) is 1.17. The smallest absolute Gasteiger partial charge is 0.250 e. The molecule has 1 saturated heterocycles. The van der Waals surface area contributed by atoms with Gasteiger partial charge in [0.1, 0.15) is 0 Å². The normalized spacial score (nSPS) is 16.9. The molecule has 1 fully saturated rings. The van der Waals surface area contributed by atoms with Crippen LogP contribution in [0.15, 0.2) is 23.1 Å². The SMILES string of the molecule is Cc1ccn(CCCCC2CCOCC2)c(=O)c1. The van der Waals surface area contributed by atoms with Crippen LogP contribution in [0.25, 0.3) is 0 Å². The summed E-state index contributed by atoms with van der Waals surface area (Å²) in [5.74, 6) is 0.841. The van der Waals surface area contributed by atoms with E-state index < -0.39 is 0 Å². The Morgan fingerprint density at radius 2 is 2.11 bits per heavy atom. The molecule has 0 spiro atoms. The van der Waals surface area contributed by atoms with Crippen molar-refractivity contribution in [1.29, 1.82) is 0 Å². The molecule has 3 heteroatoms. The van der Waals surface area contributed by atoms with E-state index in [1.807, 2.05) is 23.8 Å². The lowest BCUT2D eigenvalue weighted by Gasteiger charge is -2.21. The predicted molar refractivity (Wildman–Crippen MR) is 72.8 cm³/mol. The molecule has 1 aromatic heterocycles. The van der Waals surface area contributed by atoms with Crippen LogP contribution in [0, 0.1) is 12.8 Å². The molecule has 1 aliphatic rings. The molecule has 1 aliphatic heterocycles. The Bertz CT molecular complexity index is 419. The molecule has 3 nitrogen and oxygen atoms in total. The van der Waals surface area contributed by atoms with Crippen LogP contribution < -0.4 is 5.56 Å². The molecule has 0 saturated carbocycles. The number of rotatable bonds is 5. The summed E-state index contributed by atoms with van der Waals surface area (Å²) in [6, 6.07) is 3.71. The van der Waals surface area contributed by atoms with Gasteiger partial charge in [-0.25, -0.2) is 0 Å². The molecule has 2 rings (SSSR count). The summed E-state index contributed by atoms with van der Waals surface area (Å²) in [5, 5.41) is 0. The summed E-state index contributed by atoms with van der Waals surface area (Å²) < 4.78 is 7.17. The monoisotopic (exact) mass is 249 g/mol. The number of aryl methyl sites for hydroxylation is 2. The summed E-state index contributed by atoms with van der Waals surface area (Å²) in [4.78, 5) is 11.7. The molecule has 0 radical (unpaired) electrons. The predicted octanol–water partition coefficient (Wildman–Crippen LogP) is 2.75. The molecule has 1 aromatic rings. The van der Waals surface area contributed by atoms with E-state index in [-0.39, 0.29) is 5.56 Å².